The number of aliphatic hydroxyl groups is 1. The molecule has 0 aromatic heterocycles. The zero-order valence-electron chi connectivity index (χ0n) is 10.0. The molecular formula is C12H14INO4. The highest BCUT2D eigenvalue weighted by Gasteiger charge is 2.30. The third kappa shape index (κ3) is 3.67. The first-order valence-corrected chi connectivity index (χ1v) is 6.32. The number of carbonyl (C=O) groups is 2. The molecule has 0 fully saturated rings. The van der Waals surface area contributed by atoms with Crippen molar-refractivity contribution < 1.29 is 19.8 Å². The van der Waals surface area contributed by atoms with Crippen LogP contribution in [0.15, 0.2) is 18.2 Å². The van der Waals surface area contributed by atoms with Crippen LogP contribution in [0.2, 0.25) is 0 Å². The minimum absolute atomic E-state index is 0.342. The number of aryl methyl sites for hydroxylation is 1. The van der Waals surface area contributed by atoms with Gasteiger partial charge in [-0.2, -0.15) is 0 Å². The molecule has 1 aromatic carbocycles. The van der Waals surface area contributed by atoms with Crippen LogP contribution in [-0.4, -0.2) is 34.2 Å². The summed E-state index contributed by atoms with van der Waals surface area (Å²) in [5.41, 5.74) is -0.562. The Morgan fingerprint density at radius 3 is 2.61 bits per heavy atom. The molecule has 1 unspecified atom stereocenters. The number of hydrogen-bond donors (Lipinski definition) is 3. The molecule has 98 valence electrons. The van der Waals surface area contributed by atoms with Crippen molar-refractivity contribution in [1.29, 1.82) is 0 Å². The number of aliphatic carboxylic acids is 1. The molecule has 5 nitrogen and oxygen atoms in total. The summed E-state index contributed by atoms with van der Waals surface area (Å²) in [6.07, 6.45) is 0. The van der Waals surface area contributed by atoms with E-state index in [1.807, 2.05) is 35.6 Å². The summed E-state index contributed by atoms with van der Waals surface area (Å²) in [7, 11) is 0. The number of hydrogen-bond acceptors (Lipinski definition) is 3. The van der Waals surface area contributed by atoms with Gasteiger partial charge in [0.15, 0.2) is 5.60 Å². The van der Waals surface area contributed by atoms with E-state index < -0.39 is 17.5 Å². The van der Waals surface area contributed by atoms with Crippen molar-refractivity contribution in [2.24, 2.45) is 0 Å². The molecule has 3 N–H and O–H groups in total. The van der Waals surface area contributed by atoms with Gasteiger partial charge in [0.05, 0.1) is 12.1 Å². The second-order valence-corrected chi connectivity index (χ2v) is 5.41. The molecule has 0 heterocycles. The zero-order valence-corrected chi connectivity index (χ0v) is 12.2. The lowest BCUT2D eigenvalue weighted by molar-refractivity contribution is -0.155. The molecule has 0 radical (unpaired) electrons. The number of amides is 1. The first-order valence-electron chi connectivity index (χ1n) is 5.24. The van der Waals surface area contributed by atoms with Gasteiger partial charge >= 0.3 is 5.97 Å². The predicted molar refractivity (Wildman–Crippen MR) is 74.5 cm³/mol. The highest BCUT2D eigenvalue weighted by atomic mass is 127. The normalized spacial score (nSPS) is 13.8. The molecule has 0 saturated heterocycles. The van der Waals surface area contributed by atoms with E-state index in [9.17, 15) is 14.7 Å². The summed E-state index contributed by atoms with van der Waals surface area (Å²) in [5.74, 6) is -1.77. The Labute approximate surface area is 118 Å². The Bertz CT molecular complexity index is 485. The Morgan fingerprint density at radius 1 is 1.44 bits per heavy atom. The molecule has 6 heteroatoms. The Balaban J connectivity index is 2.78. The lowest BCUT2D eigenvalue weighted by Gasteiger charge is -2.18. The lowest BCUT2D eigenvalue weighted by Crippen LogP contribution is -2.46. The van der Waals surface area contributed by atoms with Gasteiger partial charge in [-0.05, 0) is 48.6 Å². The van der Waals surface area contributed by atoms with Gasteiger partial charge in [-0.1, -0.05) is 11.6 Å². The molecular weight excluding hydrogens is 349 g/mol. The summed E-state index contributed by atoms with van der Waals surface area (Å²) in [4.78, 5) is 22.6. The molecule has 1 amide bonds. The molecule has 18 heavy (non-hydrogen) atoms. The van der Waals surface area contributed by atoms with Crippen LogP contribution in [0.1, 0.15) is 22.8 Å². The van der Waals surface area contributed by atoms with Crippen molar-refractivity contribution in [3.8, 4) is 0 Å². The van der Waals surface area contributed by atoms with E-state index in [-0.39, 0.29) is 6.54 Å². The van der Waals surface area contributed by atoms with Crippen LogP contribution in [0.3, 0.4) is 0 Å². The first kappa shape index (κ1) is 14.9. The summed E-state index contributed by atoms with van der Waals surface area (Å²) >= 11 is 2.03. The standard InChI is InChI=1S/C12H14INO4/c1-7-3-4-9(13)8(5-7)10(15)14-6-12(2,18)11(16)17/h3-5,18H,6H2,1-2H3,(H,14,15)(H,16,17). The van der Waals surface area contributed by atoms with Gasteiger partial charge in [0.1, 0.15) is 0 Å². The number of nitrogens with one attached hydrogen (secondary N) is 1. The van der Waals surface area contributed by atoms with Crippen molar-refractivity contribution >= 4 is 34.5 Å². The highest BCUT2D eigenvalue weighted by Crippen LogP contribution is 2.14. The fourth-order valence-electron chi connectivity index (χ4n) is 1.24. The molecule has 0 aliphatic carbocycles. The van der Waals surface area contributed by atoms with Crippen molar-refractivity contribution in [2.75, 3.05) is 6.54 Å². The number of benzene rings is 1. The third-order valence-electron chi connectivity index (χ3n) is 2.42. The van der Waals surface area contributed by atoms with Crippen LogP contribution < -0.4 is 5.32 Å². The second kappa shape index (κ2) is 5.66. The molecule has 0 bridgehead atoms. The molecule has 1 atom stereocenters. The average molecular weight is 363 g/mol. The average Bonchev–Trinajstić information content (AvgIpc) is 2.29. The summed E-state index contributed by atoms with van der Waals surface area (Å²) < 4.78 is 0.769. The largest absolute Gasteiger partial charge is 0.479 e. The number of carbonyl (C=O) groups excluding carboxylic acids is 1. The summed E-state index contributed by atoms with van der Waals surface area (Å²) in [6.45, 7) is 2.66. The first-order chi connectivity index (χ1) is 8.24. The topological polar surface area (TPSA) is 86.6 Å². The maximum atomic E-state index is 11.9. The van der Waals surface area contributed by atoms with Crippen LogP contribution in [-0.2, 0) is 4.79 Å². The van der Waals surface area contributed by atoms with Crippen LogP contribution >= 0.6 is 22.6 Å². The van der Waals surface area contributed by atoms with Crippen molar-refractivity contribution in [2.45, 2.75) is 19.4 Å². The van der Waals surface area contributed by atoms with Gasteiger partial charge in [-0.15, -0.1) is 0 Å². The summed E-state index contributed by atoms with van der Waals surface area (Å²) in [6, 6.07) is 5.40. The van der Waals surface area contributed by atoms with Crippen LogP contribution in [0.4, 0.5) is 0 Å². The number of carboxylic acids is 1. The van der Waals surface area contributed by atoms with E-state index in [2.05, 4.69) is 5.32 Å². The second-order valence-electron chi connectivity index (χ2n) is 4.24. The maximum Gasteiger partial charge on any atom is 0.337 e. The predicted octanol–water partition coefficient (Wildman–Crippen LogP) is 1.17. The molecule has 1 aromatic rings. The fourth-order valence-corrected chi connectivity index (χ4v) is 1.82. The monoisotopic (exact) mass is 363 g/mol. The van der Waals surface area contributed by atoms with E-state index in [1.165, 1.54) is 0 Å². The Morgan fingerprint density at radius 2 is 2.06 bits per heavy atom. The van der Waals surface area contributed by atoms with Gasteiger partial charge in [-0.25, -0.2) is 4.79 Å². The minimum Gasteiger partial charge on any atom is -0.479 e. The highest BCUT2D eigenvalue weighted by molar-refractivity contribution is 14.1. The van der Waals surface area contributed by atoms with E-state index in [0.717, 1.165) is 16.1 Å². The summed E-state index contributed by atoms with van der Waals surface area (Å²) in [5, 5.41) is 20.6. The van der Waals surface area contributed by atoms with Gasteiger partial charge < -0.3 is 15.5 Å². The van der Waals surface area contributed by atoms with Crippen LogP contribution in [0.5, 0.6) is 0 Å². The fraction of sp³-hybridized carbons (Fsp3) is 0.333. The zero-order chi connectivity index (χ0) is 13.9. The van der Waals surface area contributed by atoms with Gasteiger partial charge in [0.2, 0.25) is 0 Å². The molecule has 0 spiro atoms. The number of halogens is 1. The lowest BCUT2D eigenvalue weighted by atomic mass is 10.1. The van der Waals surface area contributed by atoms with E-state index in [0.29, 0.717) is 5.56 Å². The SMILES string of the molecule is Cc1ccc(I)c(C(=O)NCC(C)(O)C(=O)O)c1. The van der Waals surface area contributed by atoms with Crippen LogP contribution in [0, 0.1) is 10.5 Å². The molecule has 0 aliphatic heterocycles. The van der Waals surface area contributed by atoms with Crippen LogP contribution in [0.25, 0.3) is 0 Å². The van der Waals surface area contributed by atoms with E-state index in [1.54, 1.807) is 12.1 Å². The van der Waals surface area contributed by atoms with Crippen molar-refractivity contribution in [1.82, 2.24) is 5.32 Å². The third-order valence-corrected chi connectivity index (χ3v) is 3.36. The molecule has 1 rings (SSSR count). The Kier molecular flexibility index (Phi) is 4.69. The van der Waals surface area contributed by atoms with E-state index >= 15 is 0 Å². The van der Waals surface area contributed by atoms with Gasteiger partial charge in [0.25, 0.3) is 5.91 Å². The molecule has 0 saturated carbocycles. The molecule has 0 aliphatic rings. The number of rotatable bonds is 4. The maximum absolute atomic E-state index is 11.9. The van der Waals surface area contributed by atoms with Crippen molar-refractivity contribution in [3.05, 3.63) is 32.9 Å². The van der Waals surface area contributed by atoms with Crippen molar-refractivity contribution in [3.63, 3.8) is 0 Å². The Hall–Kier alpha value is -1.15. The minimum atomic E-state index is -1.97. The smallest absolute Gasteiger partial charge is 0.337 e. The number of carboxylic acid groups (broad SMARTS) is 1. The van der Waals surface area contributed by atoms with Gasteiger partial charge in [-0.3, -0.25) is 4.79 Å². The quantitative estimate of drug-likeness (QED) is 0.701. The van der Waals surface area contributed by atoms with E-state index in [4.69, 9.17) is 5.11 Å². The van der Waals surface area contributed by atoms with Gasteiger partial charge in [0, 0.05) is 3.57 Å².